The first kappa shape index (κ1) is 21.6. The van der Waals surface area contributed by atoms with E-state index < -0.39 is 5.69 Å². The summed E-state index contributed by atoms with van der Waals surface area (Å²) in [4.78, 5) is 39.5. The number of aryl methyl sites for hydroxylation is 1. The van der Waals surface area contributed by atoms with E-state index in [1.165, 1.54) is 34.7 Å². The second kappa shape index (κ2) is 8.84. The Morgan fingerprint density at radius 3 is 2.41 bits per heavy atom. The molecule has 0 saturated heterocycles. The smallest absolute Gasteiger partial charge is 0.332 e. The van der Waals surface area contributed by atoms with Crippen molar-refractivity contribution >= 4 is 27.3 Å². The van der Waals surface area contributed by atoms with Crippen molar-refractivity contribution in [1.29, 1.82) is 0 Å². The molecule has 0 fully saturated rings. The molecule has 2 heterocycles. The lowest BCUT2D eigenvalue weighted by Gasteiger charge is -2.14. The van der Waals surface area contributed by atoms with E-state index in [4.69, 9.17) is 9.47 Å². The van der Waals surface area contributed by atoms with Gasteiger partial charge in [-0.15, -0.1) is 11.3 Å². The molecule has 0 aliphatic rings. The minimum atomic E-state index is -0.531. The van der Waals surface area contributed by atoms with Gasteiger partial charge in [-0.25, -0.2) is 4.79 Å². The third-order valence-corrected chi connectivity index (χ3v) is 6.20. The highest BCUT2D eigenvalue weighted by Crippen LogP contribution is 2.25. The lowest BCUT2D eigenvalue weighted by Crippen LogP contribution is -2.41. The third-order valence-electron chi connectivity index (χ3n) is 5.31. The quantitative estimate of drug-likeness (QED) is 0.403. The fraction of sp³-hybridized carbons (Fsp3) is 0.208. The molecule has 2 aromatic heterocycles. The van der Waals surface area contributed by atoms with Gasteiger partial charge < -0.3 is 9.47 Å². The van der Waals surface area contributed by atoms with E-state index in [0.29, 0.717) is 27.3 Å². The number of carbonyl (C=O) groups excluding carboxylic acids is 1. The van der Waals surface area contributed by atoms with Crippen LogP contribution in [0.1, 0.15) is 21.5 Å². The van der Waals surface area contributed by atoms with Crippen molar-refractivity contribution in [3.05, 3.63) is 91.4 Å². The summed E-state index contributed by atoms with van der Waals surface area (Å²) >= 11 is 1.25. The number of methoxy groups -OCH3 is 2. The number of rotatable bonds is 7. The summed E-state index contributed by atoms with van der Waals surface area (Å²) < 4.78 is 13.5. The summed E-state index contributed by atoms with van der Waals surface area (Å²) in [5.41, 5.74) is 1.78. The van der Waals surface area contributed by atoms with Crippen molar-refractivity contribution in [1.82, 2.24) is 9.13 Å². The molecule has 4 aromatic rings. The Morgan fingerprint density at radius 2 is 1.72 bits per heavy atom. The lowest BCUT2D eigenvalue weighted by atomic mass is 10.1. The summed E-state index contributed by atoms with van der Waals surface area (Å²) in [6, 6.07) is 14.2. The van der Waals surface area contributed by atoms with Crippen LogP contribution in [0, 0.1) is 6.92 Å². The first-order chi connectivity index (χ1) is 15.4. The van der Waals surface area contributed by atoms with Gasteiger partial charge in [0.2, 0.25) is 0 Å². The topological polar surface area (TPSA) is 79.5 Å². The van der Waals surface area contributed by atoms with Crippen molar-refractivity contribution in [2.75, 3.05) is 14.2 Å². The van der Waals surface area contributed by atoms with Gasteiger partial charge in [-0.1, -0.05) is 29.8 Å². The predicted molar refractivity (Wildman–Crippen MR) is 125 cm³/mol. The Labute approximate surface area is 188 Å². The molecule has 7 nitrogen and oxygen atoms in total. The van der Waals surface area contributed by atoms with Crippen molar-refractivity contribution in [3.8, 4) is 11.5 Å². The summed E-state index contributed by atoms with van der Waals surface area (Å²) in [6.07, 6.45) is 0. The number of hydrogen-bond acceptors (Lipinski definition) is 6. The molecule has 164 valence electrons. The SMILES string of the molecule is COc1ccc(OC)c(C(=O)Cn2c(=O)n(Cc3ccc(C)cc3)c(=O)c3sccc32)c1. The molecule has 0 bridgehead atoms. The Hall–Kier alpha value is -3.65. The van der Waals surface area contributed by atoms with Crippen LogP contribution in [-0.2, 0) is 13.1 Å². The molecule has 0 aliphatic carbocycles. The van der Waals surface area contributed by atoms with Gasteiger partial charge in [0, 0.05) is 0 Å². The van der Waals surface area contributed by atoms with Crippen LogP contribution in [0.4, 0.5) is 0 Å². The van der Waals surface area contributed by atoms with E-state index in [1.54, 1.807) is 29.6 Å². The number of carbonyl (C=O) groups is 1. The molecule has 8 heteroatoms. The number of Topliss-reactive ketones (excluding diaryl/α,β-unsaturated/α-hetero) is 1. The van der Waals surface area contributed by atoms with Gasteiger partial charge in [-0.3, -0.25) is 18.7 Å². The third kappa shape index (κ3) is 3.97. The van der Waals surface area contributed by atoms with Crippen molar-refractivity contribution in [3.63, 3.8) is 0 Å². The molecule has 0 spiro atoms. The summed E-state index contributed by atoms with van der Waals surface area (Å²) in [7, 11) is 2.99. The van der Waals surface area contributed by atoms with Gasteiger partial charge in [0.1, 0.15) is 16.2 Å². The van der Waals surface area contributed by atoms with Gasteiger partial charge in [-0.2, -0.15) is 0 Å². The van der Waals surface area contributed by atoms with Crippen LogP contribution in [-0.4, -0.2) is 29.1 Å². The maximum atomic E-state index is 13.3. The number of aromatic nitrogens is 2. The molecule has 0 N–H and O–H groups in total. The lowest BCUT2D eigenvalue weighted by molar-refractivity contribution is 0.0968. The maximum Gasteiger partial charge on any atom is 0.332 e. The number of ether oxygens (including phenoxy) is 2. The average molecular weight is 451 g/mol. The van der Waals surface area contributed by atoms with Crippen LogP contribution in [0.3, 0.4) is 0 Å². The molecule has 0 amide bonds. The predicted octanol–water partition coefficient (Wildman–Crippen LogP) is 3.48. The number of benzene rings is 2. The molecule has 4 rings (SSSR count). The zero-order chi connectivity index (χ0) is 22.8. The molecule has 0 radical (unpaired) electrons. The van der Waals surface area contributed by atoms with Crippen LogP contribution >= 0.6 is 11.3 Å². The number of thiophene rings is 1. The Bertz CT molecular complexity index is 1410. The fourth-order valence-electron chi connectivity index (χ4n) is 3.56. The number of fused-ring (bicyclic) bond motifs is 1. The van der Waals surface area contributed by atoms with E-state index >= 15 is 0 Å². The first-order valence-corrected chi connectivity index (χ1v) is 10.8. The highest BCUT2D eigenvalue weighted by Gasteiger charge is 2.20. The van der Waals surface area contributed by atoms with Crippen LogP contribution in [0.15, 0.2) is 63.5 Å². The molecular weight excluding hydrogens is 428 g/mol. The molecule has 0 aliphatic heterocycles. The zero-order valence-corrected chi connectivity index (χ0v) is 18.8. The maximum absolute atomic E-state index is 13.3. The highest BCUT2D eigenvalue weighted by atomic mass is 32.1. The van der Waals surface area contributed by atoms with Crippen LogP contribution in [0.2, 0.25) is 0 Å². The van der Waals surface area contributed by atoms with Crippen LogP contribution in [0.25, 0.3) is 10.2 Å². The monoisotopic (exact) mass is 450 g/mol. The molecule has 2 aromatic carbocycles. The number of nitrogens with zero attached hydrogens (tertiary/aromatic N) is 2. The second-order valence-corrected chi connectivity index (χ2v) is 8.29. The van der Waals surface area contributed by atoms with Crippen LogP contribution < -0.4 is 20.7 Å². The summed E-state index contributed by atoms with van der Waals surface area (Å²) in [5, 5.41) is 1.74. The van der Waals surface area contributed by atoms with Gasteiger partial charge in [-0.05, 0) is 42.1 Å². The standard InChI is InChI=1S/C24H22N2O5S/c1-15-4-6-16(7-5-15)13-26-23(28)22-19(10-11-32-22)25(24(26)29)14-20(27)18-12-17(30-2)8-9-21(18)31-3/h4-12H,13-14H2,1-3H3. The Morgan fingerprint density at radius 1 is 0.969 bits per heavy atom. The van der Waals surface area contributed by atoms with E-state index in [0.717, 1.165) is 11.1 Å². The van der Waals surface area contributed by atoms with E-state index in [1.807, 2.05) is 31.2 Å². The molecule has 0 saturated carbocycles. The van der Waals surface area contributed by atoms with Crippen molar-refractivity contribution in [2.45, 2.75) is 20.0 Å². The summed E-state index contributed by atoms with van der Waals surface area (Å²) in [5.74, 6) is 0.570. The highest BCUT2D eigenvalue weighted by molar-refractivity contribution is 7.17. The van der Waals surface area contributed by atoms with Gasteiger partial charge in [0.15, 0.2) is 5.78 Å². The largest absolute Gasteiger partial charge is 0.497 e. The summed E-state index contributed by atoms with van der Waals surface area (Å²) in [6.45, 7) is 1.87. The molecule has 0 atom stereocenters. The fourth-order valence-corrected chi connectivity index (χ4v) is 4.41. The van der Waals surface area contributed by atoms with E-state index in [2.05, 4.69) is 0 Å². The normalized spacial score (nSPS) is 11.0. The molecular formula is C24H22N2O5S. The second-order valence-electron chi connectivity index (χ2n) is 7.37. The minimum Gasteiger partial charge on any atom is -0.497 e. The van der Waals surface area contributed by atoms with Crippen molar-refractivity contribution < 1.29 is 14.3 Å². The van der Waals surface area contributed by atoms with Crippen molar-refractivity contribution in [2.24, 2.45) is 0 Å². The van der Waals surface area contributed by atoms with Gasteiger partial charge in [0.25, 0.3) is 5.56 Å². The number of hydrogen-bond donors (Lipinski definition) is 0. The minimum absolute atomic E-state index is 0.127. The van der Waals surface area contributed by atoms with Gasteiger partial charge >= 0.3 is 5.69 Å². The number of ketones is 1. The van der Waals surface area contributed by atoms with Gasteiger partial charge in [0.05, 0.1) is 38.4 Å². The first-order valence-electron chi connectivity index (χ1n) is 9.94. The Balaban J connectivity index is 1.80. The zero-order valence-electron chi connectivity index (χ0n) is 18.0. The molecule has 32 heavy (non-hydrogen) atoms. The van der Waals surface area contributed by atoms with Crippen LogP contribution in [0.5, 0.6) is 11.5 Å². The van der Waals surface area contributed by atoms with E-state index in [9.17, 15) is 14.4 Å². The molecule has 0 unspecified atom stereocenters. The average Bonchev–Trinajstić information content (AvgIpc) is 3.30. The Kier molecular flexibility index (Phi) is 5.96. The van der Waals surface area contributed by atoms with E-state index in [-0.39, 0.29) is 24.4 Å².